The lowest BCUT2D eigenvalue weighted by atomic mass is 9.97. The molecule has 0 saturated carbocycles. The molecule has 0 radical (unpaired) electrons. The molecule has 4 nitrogen and oxygen atoms in total. The maximum absolute atomic E-state index is 11.4. The lowest BCUT2D eigenvalue weighted by Gasteiger charge is -2.12. The van der Waals surface area contributed by atoms with Gasteiger partial charge in [0.25, 0.3) is 0 Å². The zero-order chi connectivity index (χ0) is 16.1. The minimum absolute atomic E-state index is 0.196. The first kappa shape index (κ1) is 15.7. The Bertz CT molecular complexity index is 660. The van der Waals surface area contributed by atoms with Gasteiger partial charge in [0.05, 0.1) is 24.9 Å². The molecule has 1 N–H and O–H groups in total. The maximum atomic E-state index is 11.4. The molecule has 1 aliphatic rings. The second-order valence-electron chi connectivity index (χ2n) is 5.70. The highest BCUT2D eigenvalue weighted by molar-refractivity contribution is 5.96. The summed E-state index contributed by atoms with van der Waals surface area (Å²) in [5, 5.41) is 9.39. The van der Waals surface area contributed by atoms with Gasteiger partial charge >= 0.3 is 5.97 Å². The van der Waals surface area contributed by atoms with Gasteiger partial charge in [0, 0.05) is 6.61 Å². The Labute approximate surface area is 135 Å². The van der Waals surface area contributed by atoms with Crippen molar-refractivity contribution < 1.29 is 19.4 Å². The molecule has 2 aromatic carbocycles. The van der Waals surface area contributed by atoms with Gasteiger partial charge < -0.3 is 14.6 Å². The second kappa shape index (κ2) is 7.40. The van der Waals surface area contributed by atoms with Crippen molar-refractivity contribution in [3.05, 3.63) is 59.7 Å². The lowest BCUT2D eigenvalue weighted by molar-refractivity contribution is 0.0106. The molecule has 23 heavy (non-hydrogen) atoms. The summed E-state index contributed by atoms with van der Waals surface area (Å²) in [6.07, 6.45) is 2.34. The van der Waals surface area contributed by atoms with Crippen LogP contribution < -0.4 is 0 Å². The number of carboxylic acids is 1. The molecule has 0 aliphatic carbocycles. The number of carboxylic acid groups (broad SMARTS) is 1. The van der Waals surface area contributed by atoms with Crippen molar-refractivity contribution in [3.63, 3.8) is 0 Å². The van der Waals surface area contributed by atoms with Crippen LogP contribution in [0.15, 0.2) is 48.5 Å². The van der Waals surface area contributed by atoms with Crippen molar-refractivity contribution in [1.82, 2.24) is 0 Å². The summed E-state index contributed by atoms with van der Waals surface area (Å²) in [4.78, 5) is 11.4. The van der Waals surface area contributed by atoms with Crippen LogP contribution in [0.2, 0.25) is 0 Å². The summed E-state index contributed by atoms with van der Waals surface area (Å²) < 4.78 is 11.3. The van der Waals surface area contributed by atoms with E-state index in [1.807, 2.05) is 42.5 Å². The van der Waals surface area contributed by atoms with Gasteiger partial charge in [-0.05, 0) is 41.7 Å². The first-order valence-corrected chi connectivity index (χ1v) is 7.85. The minimum Gasteiger partial charge on any atom is -0.478 e. The highest BCUT2D eigenvalue weighted by Crippen LogP contribution is 2.25. The number of ether oxygens (including phenoxy) is 2. The number of hydrogen-bond acceptors (Lipinski definition) is 3. The smallest absolute Gasteiger partial charge is 0.336 e. The summed E-state index contributed by atoms with van der Waals surface area (Å²) in [7, 11) is 0. The Morgan fingerprint density at radius 1 is 1.22 bits per heavy atom. The average Bonchev–Trinajstić information content (AvgIpc) is 3.09. The quantitative estimate of drug-likeness (QED) is 0.882. The van der Waals surface area contributed by atoms with Crippen molar-refractivity contribution in [2.45, 2.75) is 25.6 Å². The molecule has 3 rings (SSSR count). The van der Waals surface area contributed by atoms with Gasteiger partial charge in [-0.3, -0.25) is 0 Å². The largest absolute Gasteiger partial charge is 0.478 e. The van der Waals surface area contributed by atoms with E-state index in [4.69, 9.17) is 9.47 Å². The van der Waals surface area contributed by atoms with Crippen LogP contribution in [0.3, 0.4) is 0 Å². The fraction of sp³-hybridized carbons (Fsp3) is 0.316. The van der Waals surface area contributed by atoms with E-state index in [-0.39, 0.29) is 6.10 Å². The normalized spacial score (nSPS) is 17.3. The van der Waals surface area contributed by atoms with Crippen LogP contribution in [0.5, 0.6) is 0 Å². The number of benzene rings is 2. The number of carbonyl (C=O) groups is 1. The predicted molar refractivity (Wildman–Crippen MR) is 87.5 cm³/mol. The van der Waals surface area contributed by atoms with Crippen LogP contribution in [0.1, 0.15) is 28.8 Å². The third kappa shape index (κ3) is 3.97. The highest BCUT2D eigenvalue weighted by atomic mass is 16.5. The van der Waals surface area contributed by atoms with E-state index >= 15 is 0 Å². The molecule has 0 amide bonds. The third-order valence-electron chi connectivity index (χ3n) is 4.00. The Kier molecular flexibility index (Phi) is 5.05. The molecule has 4 heteroatoms. The standard InChI is InChI=1S/C19H20O4/c20-19(21)17-9-8-14(12-22-13-16-7-4-10-23-16)11-18(17)15-5-2-1-3-6-15/h1-3,5-6,8-9,11,16H,4,7,10,12-13H2,(H,20,21). The van der Waals surface area contributed by atoms with Crippen LogP contribution in [-0.2, 0) is 16.1 Å². The molecular formula is C19H20O4. The molecule has 1 atom stereocenters. The minimum atomic E-state index is -0.921. The molecule has 0 aromatic heterocycles. The first-order valence-electron chi connectivity index (χ1n) is 7.85. The van der Waals surface area contributed by atoms with E-state index in [9.17, 15) is 9.90 Å². The average molecular weight is 312 g/mol. The summed E-state index contributed by atoms with van der Waals surface area (Å²) >= 11 is 0. The van der Waals surface area contributed by atoms with Gasteiger partial charge in [-0.1, -0.05) is 36.4 Å². The van der Waals surface area contributed by atoms with E-state index in [1.165, 1.54) is 0 Å². The number of aromatic carboxylic acids is 1. The molecule has 1 aliphatic heterocycles. The third-order valence-corrected chi connectivity index (χ3v) is 4.00. The van der Waals surface area contributed by atoms with Gasteiger partial charge in [0.1, 0.15) is 0 Å². The molecule has 2 aromatic rings. The number of rotatable bonds is 6. The maximum Gasteiger partial charge on any atom is 0.336 e. The summed E-state index contributed by atoms with van der Waals surface area (Å²) in [5.41, 5.74) is 2.88. The van der Waals surface area contributed by atoms with Gasteiger partial charge in [-0.15, -0.1) is 0 Å². The van der Waals surface area contributed by atoms with Gasteiger partial charge in [-0.25, -0.2) is 4.79 Å². The van der Waals surface area contributed by atoms with E-state index in [2.05, 4.69) is 0 Å². The molecule has 1 unspecified atom stereocenters. The molecule has 0 spiro atoms. The summed E-state index contributed by atoms with van der Waals surface area (Å²) in [6.45, 7) is 1.86. The topological polar surface area (TPSA) is 55.8 Å². The zero-order valence-corrected chi connectivity index (χ0v) is 12.9. The molecule has 1 fully saturated rings. The predicted octanol–water partition coefficient (Wildman–Crippen LogP) is 3.75. The van der Waals surface area contributed by atoms with E-state index in [1.54, 1.807) is 6.07 Å². The summed E-state index contributed by atoms with van der Waals surface area (Å²) in [5.74, 6) is -0.921. The Morgan fingerprint density at radius 2 is 2.04 bits per heavy atom. The highest BCUT2D eigenvalue weighted by Gasteiger charge is 2.16. The van der Waals surface area contributed by atoms with Crippen molar-refractivity contribution in [1.29, 1.82) is 0 Å². The van der Waals surface area contributed by atoms with E-state index in [0.717, 1.165) is 36.1 Å². The second-order valence-corrected chi connectivity index (χ2v) is 5.70. The lowest BCUT2D eigenvalue weighted by Crippen LogP contribution is -2.13. The van der Waals surface area contributed by atoms with Crippen LogP contribution in [0.4, 0.5) is 0 Å². The van der Waals surface area contributed by atoms with Crippen LogP contribution in [0.25, 0.3) is 11.1 Å². The molecule has 0 bridgehead atoms. The Morgan fingerprint density at radius 3 is 2.74 bits per heavy atom. The molecule has 1 heterocycles. The fourth-order valence-corrected chi connectivity index (χ4v) is 2.81. The van der Waals surface area contributed by atoms with Crippen LogP contribution >= 0.6 is 0 Å². The van der Waals surface area contributed by atoms with Crippen LogP contribution in [-0.4, -0.2) is 30.4 Å². The van der Waals surface area contributed by atoms with Crippen LogP contribution in [0, 0.1) is 0 Å². The molecule has 1 saturated heterocycles. The SMILES string of the molecule is O=C(O)c1ccc(COCC2CCCO2)cc1-c1ccccc1. The van der Waals surface area contributed by atoms with Crippen molar-refractivity contribution in [3.8, 4) is 11.1 Å². The summed E-state index contributed by atoms with van der Waals surface area (Å²) in [6, 6.07) is 14.9. The van der Waals surface area contributed by atoms with Crippen molar-refractivity contribution >= 4 is 5.97 Å². The van der Waals surface area contributed by atoms with Gasteiger partial charge in [0.2, 0.25) is 0 Å². The molecular weight excluding hydrogens is 292 g/mol. The van der Waals surface area contributed by atoms with Gasteiger partial charge in [0.15, 0.2) is 0 Å². The monoisotopic (exact) mass is 312 g/mol. The van der Waals surface area contributed by atoms with E-state index < -0.39 is 5.97 Å². The first-order chi connectivity index (χ1) is 11.2. The van der Waals surface area contributed by atoms with E-state index in [0.29, 0.717) is 18.8 Å². The van der Waals surface area contributed by atoms with Crippen molar-refractivity contribution in [2.24, 2.45) is 0 Å². The van der Waals surface area contributed by atoms with Crippen molar-refractivity contribution in [2.75, 3.05) is 13.2 Å². The Hall–Kier alpha value is -2.17. The van der Waals surface area contributed by atoms with Gasteiger partial charge in [-0.2, -0.15) is 0 Å². The Balaban J connectivity index is 1.75. The number of hydrogen-bond donors (Lipinski definition) is 1. The molecule has 120 valence electrons. The zero-order valence-electron chi connectivity index (χ0n) is 12.9. The fourth-order valence-electron chi connectivity index (χ4n) is 2.81.